The average Bonchev–Trinajstić information content (AvgIpc) is 3.48. The van der Waals surface area contributed by atoms with Crippen LogP contribution in [0.2, 0.25) is 5.02 Å². The second-order valence-electron chi connectivity index (χ2n) is 10.7. The van der Waals surface area contributed by atoms with Gasteiger partial charge in [0.05, 0.1) is 40.3 Å². The van der Waals surface area contributed by atoms with Crippen molar-refractivity contribution in [1.29, 1.82) is 0 Å². The Kier molecular flexibility index (Phi) is 10.3. The quantitative estimate of drug-likeness (QED) is 0.153. The third-order valence-electron chi connectivity index (χ3n) is 7.38. The maximum atomic E-state index is 13.4. The molecule has 1 saturated heterocycles. The second kappa shape index (κ2) is 14.6. The minimum atomic E-state index is -4.65. The van der Waals surface area contributed by atoms with Crippen molar-refractivity contribution in [3.63, 3.8) is 0 Å². The number of aliphatic hydroxyl groups is 1. The molecule has 46 heavy (non-hydrogen) atoms. The number of carbonyl (C=O) groups excluding carboxylic acids is 2. The lowest BCUT2D eigenvalue weighted by atomic mass is 10.1. The van der Waals surface area contributed by atoms with Gasteiger partial charge in [-0.1, -0.05) is 35.0 Å². The molecule has 5 rings (SSSR count). The van der Waals surface area contributed by atoms with Crippen LogP contribution in [0.25, 0.3) is 0 Å². The Balaban J connectivity index is 1.35. The summed E-state index contributed by atoms with van der Waals surface area (Å²) in [5.74, 6) is -1.11. The normalized spacial score (nSPS) is 13.6. The monoisotopic (exact) mass is 653 g/mol. The largest absolute Gasteiger partial charge is 0.417 e. The molecule has 0 atom stereocenters. The van der Waals surface area contributed by atoms with Gasteiger partial charge < -0.3 is 15.3 Å². The number of amides is 2. The first-order valence-corrected chi connectivity index (χ1v) is 15.0. The lowest BCUT2D eigenvalue weighted by Crippen LogP contribution is -2.30. The van der Waals surface area contributed by atoms with Crippen LogP contribution >= 0.6 is 11.6 Å². The number of hydrogen-bond donors (Lipinski definition) is 3. The highest BCUT2D eigenvalue weighted by Crippen LogP contribution is 2.35. The van der Waals surface area contributed by atoms with Crippen molar-refractivity contribution in [3.05, 3.63) is 105 Å². The molecule has 0 unspecified atom stereocenters. The van der Waals surface area contributed by atoms with E-state index in [9.17, 15) is 22.8 Å². The Morgan fingerprint density at radius 1 is 1.02 bits per heavy atom. The van der Waals surface area contributed by atoms with Gasteiger partial charge in [-0.15, -0.1) is 5.10 Å². The molecule has 1 aliphatic rings. The van der Waals surface area contributed by atoms with Gasteiger partial charge in [0.1, 0.15) is 0 Å². The maximum Gasteiger partial charge on any atom is 0.417 e. The zero-order valence-corrected chi connectivity index (χ0v) is 25.4. The molecular formula is C32H31ClF3N7O3. The Morgan fingerprint density at radius 3 is 2.59 bits per heavy atom. The van der Waals surface area contributed by atoms with Crippen LogP contribution in [0, 0.1) is 0 Å². The standard InChI is InChI=1S/C32H31ClF3N7O3/c33-28-9-7-21(16-27(28)32(34,35)36)18-37-40-31(46)26-17-25(42-12-2-1-3-13-42)8-10-29(26)38-30(45)23-6-4-5-22(15-23)19-43-20-24(11-14-44)39-41-43/h4-10,15-18,20,44H,1-3,11-14,19H2,(H,38,45)(H,40,46)/b37-18+. The van der Waals surface area contributed by atoms with E-state index in [2.05, 4.69) is 31.1 Å². The fourth-order valence-corrected chi connectivity index (χ4v) is 5.31. The summed E-state index contributed by atoms with van der Waals surface area (Å²) in [4.78, 5) is 28.9. The number of hydrogen-bond acceptors (Lipinski definition) is 7. The Hall–Kier alpha value is -4.75. The van der Waals surface area contributed by atoms with Crippen LogP contribution < -0.4 is 15.6 Å². The van der Waals surface area contributed by atoms with E-state index >= 15 is 0 Å². The molecule has 240 valence electrons. The van der Waals surface area contributed by atoms with Crippen LogP contribution in [-0.4, -0.2) is 57.8 Å². The molecule has 2 amide bonds. The molecule has 0 aliphatic carbocycles. The first kappa shape index (κ1) is 32.6. The number of nitrogens with zero attached hydrogens (tertiary/aromatic N) is 5. The highest BCUT2D eigenvalue weighted by atomic mass is 35.5. The van der Waals surface area contributed by atoms with E-state index in [1.807, 2.05) is 12.1 Å². The van der Waals surface area contributed by atoms with E-state index in [1.165, 1.54) is 6.07 Å². The van der Waals surface area contributed by atoms with Crippen LogP contribution in [-0.2, 0) is 19.1 Å². The van der Waals surface area contributed by atoms with Crippen molar-refractivity contribution >= 4 is 41.0 Å². The molecule has 0 bridgehead atoms. The minimum absolute atomic E-state index is 0.0368. The molecule has 0 radical (unpaired) electrons. The third-order valence-corrected chi connectivity index (χ3v) is 7.71. The van der Waals surface area contributed by atoms with Gasteiger partial charge in [0.25, 0.3) is 11.8 Å². The van der Waals surface area contributed by atoms with Crippen LogP contribution in [0.5, 0.6) is 0 Å². The minimum Gasteiger partial charge on any atom is -0.396 e. The van der Waals surface area contributed by atoms with E-state index in [0.717, 1.165) is 62.0 Å². The van der Waals surface area contributed by atoms with Crippen molar-refractivity contribution in [2.75, 3.05) is 29.9 Å². The molecule has 1 fully saturated rings. The van der Waals surface area contributed by atoms with Gasteiger partial charge in [0.2, 0.25) is 0 Å². The summed E-state index contributed by atoms with van der Waals surface area (Å²) in [5, 5.41) is 23.4. The lowest BCUT2D eigenvalue weighted by Gasteiger charge is -2.29. The van der Waals surface area contributed by atoms with Crippen LogP contribution in [0.1, 0.15) is 62.4 Å². The van der Waals surface area contributed by atoms with Gasteiger partial charge in [-0.3, -0.25) is 9.59 Å². The first-order valence-electron chi connectivity index (χ1n) is 14.6. The second-order valence-corrected chi connectivity index (χ2v) is 11.2. The molecule has 0 spiro atoms. The van der Waals surface area contributed by atoms with E-state index in [-0.39, 0.29) is 23.4 Å². The fraction of sp³-hybridized carbons (Fsp3) is 0.281. The van der Waals surface area contributed by atoms with Gasteiger partial charge >= 0.3 is 6.18 Å². The van der Waals surface area contributed by atoms with Gasteiger partial charge in [-0.05, 0) is 72.9 Å². The number of rotatable bonds is 10. The number of benzene rings is 3. The van der Waals surface area contributed by atoms with Crippen molar-refractivity contribution in [2.45, 2.75) is 38.4 Å². The number of hydrazone groups is 1. The highest BCUT2D eigenvalue weighted by Gasteiger charge is 2.33. The number of nitrogens with one attached hydrogen (secondary N) is 2. The first-order chi connectivity index (χ1) is 22.1. The summed E-state index contributed by atoms with van der Waals surface area (Å²) in [6.45, 7) is 1.96. The number of anilines is 2. The predicted octanol–water partition coefficient (Wildman–Crippen LogP) is 5.54. The van der Waals surface area contributed by atoms with Crippen molar-refractivity contribution in [3.8, 4) is 0 Å². The Labute approximate surface area is 267 Å². The smallest absolute Gasteiger partial charge is 0.396 e. The van der Waals surface area contributed by atoms with Crippen molar-refractivity contribution in [1.82, 2.24) is 20.4 Å². The van der Waals surface area contributed by atoms with Gasteiger partial charge in [-0.2, -0.15) is 18.3 Å². The molecule has 3 N–H and O–H groups in total. The van der Waals surface area contributed by atoms with E-state index in [0.29, 0.717) is 24.2 Å². The summed E-state index contributed by atoms with van der Waals surface area (Å²) >= 11 is 5.70. The molecule has 0 saturated carbocycles. The summed E-state index contributed by atoms with van der Waals surface area (Å²) in [5.41, 5.74) is 4.40. The number of aromatic nitrogens is 3. The van der Waals surface area contributed by atoms with E-state index in [1.54, 1.807) is 41.2 Å². The molecule has 2 heterocycles. The fourth-order valence-electron chi connectivity index (χ4n) is 5.08. The summed E-state index contributed by atoms with van der Waals surface area (Å²) < 4.78 is 41.4. The SMILES string of the molecule is O=C(Nc1ccc(N2CCCCC2)cc1C(=O)N/N=C/c1ccc(Cl)c(C(F)(F)F)c1)c1cccc(Cn2cc(CCO)nn2)c1. The Bertz CT molecular complexity index is 1740. The molecule has 10 nitrogen and oxygen atoms in total. The zero-order chi connectivity index (χ0) is 32.7. The van der Waals surface area contributed by atoms with Crippen molar-refractivity contribution < 1.29 is 27.9 Å². The van der Waals surface area contributed by atoms with Gasteiger partial charge in [0, 0.05) is 43.6 Å². The van der Waals surface area contributed by atoms with Crippen LogP contribution in [0.3, 0.4) is 0 Å². The molecule has 4 aromatic rings. The summed E-state index contributed by atoms with van der Waals surface area (Å²) in [7, 11) is 0. The third kappa shape index (κ3) is 8.29. The zero-order valence-electron chi connectivity index (χ0n) is 24.6. The number of carbonyl (C=O) groups is 2. The van der Waals surface area contributed by atoms with Gasteiger partial charge in [-0.25, -0.2) is 10.1 Å². The predicted molar refractivity (Wildman–Crippen MR) is 168 cm³/mol. The molecule has 1 aromatic heterocycles. The van der Waals surface area contributed by atoms with Crippen LogP contribution in [0.4, 0.5) is 24.5 Å². The average molecular weight is 654 g/mol. The summed E-state index contributed by atoms with van der Waals surface area (Å²) in [6.07, 6.45) is 1.70. The summed E-state index contributed by atoms with van der Waals surface area (Å²) in [6, 6.07) is 15.4. The molecular weight excluding hydrogens is 623 g/mol. The number of halogens is 4. The topological polar surface area (TPSA) is 125 Å². The van der Waals surface area contributed by atoms with Gasteiger partial charge in [0.15, 0.2) is 0 Å². The number of alkyl halides is 3. The van der Waals surface area contributed by atoms with E-state index in [4.69, 9.17) is 16.7 Å². The number of piperidine rings is 1. The maximum absolute atomic E-state index is 13.4. The molecule has 3 aromatic carbocycles. The molecule has 14 heteroatoms. The Morgan fingerprint density at radius 2 is 1.83 bits per heavy atom. The lowest BCUT2D eigenvalue weighted by molar-refractivity contribution is -0.137. The van der Waals surface area contributed by atoms with Crippen LogP contribution in [0.15, 0.2) is 72.0 Å². The van der Waals surface area contributed by atoms with Crippen molar-refractivity contribution in [2.24, 2.45) is 5.10 Å². The highest BCUT2D eigenvalue weighted by molar-refractivity contribution is 6.31. The molecule has 1 aliphatic heterocycles. The number of aliphatic hydroxyl groups excluding tert-OH is 1. The van der Waals surface area contributed by atoms with E-state index < -0.39 is 28.6 Å².